The number of methoxy groups -OCH3 is 1. The maximum absolute atomic E-state index is 12.4. The third kappa shape index (κ3) is 5.84. The van der Waals surface area contributed by atoms with Gasteiger partial charge in [-0.05, 0) is 71.6 Å². The van der Waals surface area contributed by atoms with Gasteiger partial charge in [-0.25, -0.2) is 0 Å². The van der Waals surface area contributed by atoms with Gasteiger partial charge in [-0.1, -0.05) is 25.5 Å². The molecule has 0 spiro atoms. The molecule has 0 unspecified atom stereocenters. The fourth-order valence-electron chi connectivity index (χ4n) is 2.16. The lowest BCUT2D eigenvalue weighted by Gasteiger charge is -2.14. The van der Waals surface area contributed by atoms with Crippen LogP contribution in [0.3, 0.4) is 0 Å². The second-order valence-corrected chi connectivity index (χ2v) is 7.03. The summed E-state index contributed by atoms with van der Waals surface area (Å²) in [7, 11) is 1.59. The summed E-state index contributed by atoms with van der Waals surface area (Å²) in [5, 5.41) is 5.92. The van der Waals surface area contributed by atoms with Crippen LogP contribution < -0.4 is 20.1 Å². The van der Waals surface area contributed by atoms with Crippen LogP contribution in [0.2, 0.25) is 0 Å². The zero-order valence-electron chi connectivity index (χ0n) is 14.7. The van der Waals surface area contributed by atoms with Crippen LogP contribution in [-0.2, 0) is 0 Å². The molecule has 0 saturated heterocycles. The predicted molar refractivity (Wildman–Crippen MR) is 116 cm³/mol. The minimum Gasteiger partial charge on any atom is -0.496 e. The van der Waals surface area contributed by atoms with Crippen LogP contribution in [-0.4, -0.2) is 24.7 Å². The minimum atomic E-state index is -0.285. The first-order chi connectivity index (χ1) is 12.5. The molecule has 0 heterocycles. The van der Waals surface area contributed by atoms with Gasteiger partial charge in [0.15, 0.2) is 5.11 Å². The Bertz CT molecular complexity index is 783. The number of nitrogens with one attached hydrogen (secondary N) is 2. The first kappa shape index (κ1) is 20.4. The van der Waals surface area contributed by atoms with Crippen LogP contribution in [0.4, 0.5) is 5.69 Å². The second-order valence-electron chi connectivity index (χ2n) is 5.46. The highest BCUT2D eigenvalue weighted by Gasteiger charge is 2.12. The Hall–Kier alpha value is -1.87. The van der Waals surface area contributed by atoms with Crippen LogP contribution in [0.5, 0.6) is 11.5 Å². The van der Waals surface area contributed by atoms with Crippen LogP contribution in [0, 0.1) is 3.57 Å². The van der Waals surface area contributed by atoms with Crippen LogP contribution in [0.1, 0.15) is 30.1 Å². The third-order valence-electron chi connectivity index (χ3n) is 3.53. The molecule has 2 aromatic carbocycles. The van der Waals surface area contributed by atoms with Crippen molar-refractivity contribution < 1.29 is 14.3 Å². The van der Waals surface area contributed by atoms with Gasteiger partial charge in [0.1, 0.15) is 11.5 Å². The number of thiocarbonyl (C=S) groups is 1. The number of benzene rings is 2. The van der Waals surface area contributed by atoms with Crippen molar-refractivity contribution in [2.45, 2.75) is 19.8 Å². The summed E-state index contributed by atoms with van der Waals surface area (Å²) in [5.74, 6) is 1.14. The van der Waals surface area contributed by atoms with E-state index in [1.54, 1.807) is 25.3 Å². The summed E-state index contributed by atoms with van der Waals surface area (Å²) < 4.78 is 11.8. The van der Waals surface area contributed by atoms with Crippen LogP contribution in [0.25, 0.3) is 0 Å². The van der Waals surface area contributed by atoms with Crippen molar-refractivity contribution in [1.82, 2.24) is 5.32 Å². The lowest BCUT2D eigenvalue weighted by Crippen LogP contribution is -2.34. The van der Waals surface area contributed by atoms with Crippen molar-refractivity contribution in [3.05, 3.63) is 51.6 Å². The van der Waals surface area contributed by atoms with Crippen molar-refractivity contribution in [3.8, 4) is 11.5 Å². The lowest BCUT2D eigenvalue weighted by molar-refractivity contribution is 0.0977. The van der Waals surface area contributed by atoms with E-state index in [0.717, 1.165) is 27.8 Å². The summed E-state index contributed by atoms with van der Waals surface area (Å²) in [6, 6.07) is 12.7. The van der Waals surface area contributed by atoms with Gasteiger partial charge in [-0.3, -0.25) is 10.1 Å². The molecule has 0 aliphatic heterocycles. The molecule has 0 atom stereocenters. The Morgan fingerprint density at radius 3 is 2.65 bits per heavy atom. The number of carbonyl (C=O) groups is 1. The summed E-state index contributed by atoms with van der Waals surface area (Å²) >= 11 is 7.39. The van der Waals surface area contributed by atoms with E-state index < -0.39 is 0 Å². The van der Waals surface area contributed by atoms with E-state index >= 15 is 0 Å². The Kier molecular flexibility index (Phi) is 8.11. The van der Waals surface area contributed by atoms with E-state index in [0.29, 0.717) is 17.9 Å². The third-order valence-corrected chi connectivity index (χ3v) is 4.58. The molecular formula is C19H21IN2O3S. The molecule has 0 aliphatic rings. The zero-order chi connectivity index (χ0) is 18.9. The van der Waals surface area contributed by atoms with Gasteiger partial charge < -0.3 is 14.8 Å². The molecule has 0 saturated carbocycles. The van der Waals surface area contributed by atoms with E-state index in [1.165, 1.54) is 0 Å². The number of carbonyl (C=O) groups excluding carboxylic acids is 1. The van der Waals surface area contributed by atoms with Gasteiger partial charge in [0.25, 0.3) is 5.91 Å². The fraction of sp³-hybridized carbons (Fsp3) is 0.263. The number of ether oxygens (including phenoxy) is 2. The Labute approximate surface area is 172 Å². The molecule has 26 heavy (non-hydrogen) atoms. The Morgan fingerprint density at radius 1 is 1.19 bits per heavy atom. The van der Waals surface area contributed by atoms with Crippen LogP contribution >= 0.6 is 34.8 Å². The molecule has 0 fully saturated rings. The number of unbranched alkanes of at least 4 members (excludes halogenated alkanes) is 1. The average molecular weight is 484 g/mol. The summed E-state index contributed by atoms with van der Waals surface area (Å²) in [6.07, 6.45) is 2.04. The predicted octanol–water partition coefficient (Wildman–Crippen LogP) is 4.61. The number of hydrogen-bond acceptors (Lipinski definition) is 4. The van der Waals surface area contributed by atoms with Crippen molar-refractivity contribution >= 4 is 51.5 Å². The molecule has 7 heteroatoms. The minimum absolute atomic E-state index is 0.215. The molecule has 0 bridgehead atoms. The molecular weight excluding hydrogens is 463 g/mol. The van der Waals surface area contributed by atoms with Crippen molar-refractivity contribution in [2.75, 3.05) is 19.0 Å². The number of amides is 1. The lowest BCUT2D eigenvalue weighted by atomic mass is 10.2. The van der Waals surface area contributed by atoms with Gasteiger partial charge >= 0.3 is 0 Å². The van der Waals surface area contributed by atoms with Gasteiger partial charge in [0, 0.05) is 5.56 Å². The highest BCUT2D eigenvalue weighted by Crippen LogP contribution is 2.24. The average Bonchev–Trinajstić information content (AvgIpc) is 2.63. The molecule has 2 aromatic rings. The standard InChI is InChI=1S/C19H21IN2O3S/c1-3-4-11-25-17-8-6-5-7-15(17)21-19(26)22-18(23)13-9-10-16(24-2)14(20)12-13/h5-10,12H,3-4,11H2,1-2H3,(H2,21,22,23,26). The largest absolute Gasteiger partial charge is 0.496 e. The Balaban J connectivity index is 2.00. The van der Waals surface area contributed by atoms with Crippen molar-refractivity contribution in [3.63, 3.8) is 0 Å². The molecule has 1 amide bonds. The maximum Gasteiger partial charge on any atom is 0.257 e. The van der Waals surface area contributed by atoms with E-state index in [1.807, 2.05) is 24.3 Å². The normalized spacial score (nSPS) is 10.1. The second kappa shape index (κ2) is 10.3. The molecule has 2 N–H and O–H groups in total. The quantitative estimate of drug-likeness (QED) is 0.342. The van der Waals surface area contributed by atoms with E-state index in [9.17, 15) is 4.79 Å². The monoisotopic (exact) mass is 484 g/mol. The van der Waals surface area contributed by atoms with E-state index in [-0.39, 0.29) is 11.0 Å². The van der Waals surface area contributed by atoms with Gasteiger partial charge in [0.2, 0.25) is 0 Å². The smallest absolute Gasteiger partial charge is 0.257 e. The van der Waals surface area contributed by atoms with E-state index in [2.05, 4.69) is 40.1 Å². The summed E-state index contributed by atoms with van der Waals surface area (Å²) in [4.78, 5) is 12.4. The first-order valence-corrected chi connectivity index (χ1v) is 9.71. The zero-order valence-corrected chi connectivity index (χ0v) is 17.6. The summed E-state index contributed by atoms with van der Waals surface area (Å²) in [6.45, 7) is 2.75. The molecule has 0 aromatic heterocycles. The van der Waals surface area contributed by atoms with E-state index in [4.69, 9.17) is 21.7 Å². The molecule has 138 valence electrons. The topological polar surface area (TPSA) is 59.6 Å². The highest BCUT2D eigenvalue weighted by molar-refractivity contribution is 14.1. The van der Waals surface area contributed by atoms with Crippen LogP contribution in [0.15, 0.2) is 42.5 Å². The number of halogens is 1. The first-order valence-electron chi connectivity index (χ1n) is 8.22. The van der Waals surface area contributed by atoms with Gasteiger partial charge in [-0.15, -0.1) is 0 Å². The molecule has 5 nitrogen and oxygen atoms in total. The number of para-hydroxylation sites is 2. The number of hydrogen-bond donors (Lipinski definition) is 2. The van der Waals surface area contributed by atoms with Crippen molar-refractivity contribution in [2.24, 2.45) is 0 Å². The molecule has 0 radical (unpaired) electrons. The summed E-state index contributed by atoms with van der Waals surface area (Å²) in [5.41, 5.74) is 1.23. The van der Waals surface area contributed by atoms with Gasteiger partial charge in [0.05, 0.1) is 23.0 Å². The van der Waals surface area contributed by atoms with Crippen molar-refractivity contribution in [1.29, 1.82) is 0 Å². The van der Waals surface area contributed by atoms with Gasteiger partial charge in [-0.2, -0.15) is 0 Å². The maximum atomic E-state index is 12.4. The number of anilines is 1. The fourth-order valence-corrected chi connectivity index (χ4v) is 3.10. The molecule has 0 aliphatic carbocycles. The molecule has 2 rings (SSSR count). The highest BCUT2D eigenvalue weighted by atomic mass is 127. The Morgan fingerprint density at radius 2 is 1.96 bits per heavy atom. The SMILES string of the molecule is CCCCOc1ccccc1NC(=S)NC(=O)c1ccc(OC)c(I)c1. The number of rotatable bonds is 7.